The van der Waals surface area contributed by atoms with Gasteiger partial charge in [0.15, 0.2) is 0 Å². The van der Waals surface area contributed by atoms with E-state index >= 15 is 0 Å². The molecule has 1 N–H and O–H groups in total. The summed E-state index contributed by atoms with van der Waals surface area (Å²) in [5, 5.41) is 9.45. The van der Waals surface area contributed by atoms with Gasteiger partial charge in [0.1, 0.15) is 0 Å². The zero-order chi connectivity index (χ0) is 11.3. The molecule has 1 amide bonds. The molecule has 0 saturated carbocycles. The number of carbonyl (C=O) groups is 1. The molecule has 4 heteroatoms. The van der Waals surface area contributed by atoms with Crippen LogP contribution in [-0.4, -0.2) is 48.8 Å². The molecule has 0 aliphatic carbocycles. The molecule has 15 heavy (non-hydrogen) atoms. The summed E-state index contributed by atoms with van der Waals surface area (Å²) in [4.78, 5) is 13.6. The molecule has 88 valence electrons. The van der Waals surface area contributed by atoms with Crippen molar-refractivity contribution in [1.82, 2.24) is 4.90 Å². The predicted molar refractivity (Wildman–Crippen MR) is 57.5 cm³/mol. The van der Waals surface area contributed by atoms with E-state index in [1.165, 1.54) is 0 Å². The molecule has 0 aromatic heterocycles. The molecular formula is C11H21NO3. The highest BCUT2D eigenvalue weighted by Crippen LogP contribution is 2.13. The van der Waals surface area contributed by atoms with E-state index in [0.29, 0.717) is 19.6 Å². The summed E-state index contributed by atoms with van der Waals surface area (Å²) >= 11 is 0. The standard InChI is InChI=1S/C11H21NO3/c1-9(8-15-2)6-11(14)12-5-3-4-10(13)7-12/h9-10,13H,3-8H2,1-2H3/t9?,10-/m0/s1. The van der Waals surface area contributed by atoms with Crippen molar-refractivity contribution in [3.8, 4) is 0 Å². The van der Waals surface area contributed by atoms with Gasteiger partial charge >= 0.3 is 0 Å². The Labute approximate surface area is 91.2 Å². The highest BCUT2D eigenvalue weighted by Gasteiger charge is 2.22. The van der Waals surface area contributed by atoms with Crippen LogP contribution >= 0.6 is 0 Å². The molecule has 1 saturated heterocycles. The van der Waals surface area contributed by atoms with E-state index in [0.717, 1.165) is 19.4 Å². The summed E-state index contributed by atoms with van der Waals surface area (Å²) in [6, 6.07) is 0. The Morgan fingerprint density at radius 1 is 1.67 bits per heavy atom. The normalized spacial score (nSPS) is 23.9. The average molecular weight is 215 g/mol. The third kappa shape index (κ3) is 4.18. The second-order valence-electron chi connectivity index (χ2n) is 4.40. The summed E-state index contributed by atoms with van der Waals surface area (Å²) in [5.41, 5.74) is 0. The maximum absolute atomic E-state index is 11.8. The van der Waals surface area contributed by atoms with Crippen molar-refractivity contribution in [2.45, 2.75) is 32.3 Å². The van der Waals surface area contributed by atoms with Crippen LogP contribution in [0.3, 0.4) is 0 Å². The van der Waals surface area contributed by atoms with E-state index in [1.807, 2.05) is 6.92 Å². The van der Waals surface area contributed by atoms with Crippen LogP contribution < -0.4 is 0 Å². The molecule has 0 aromatic carbocycles. The second-order valence-corrected chi connectivity index (χ2v) is 4.40. The first kappa shape index (κ1) is 12.5. The molecule has 1 rings (SSSR count). The number of rotatable bonds is 4. The minimum atomic E-state index is -0.333. The van der Waals surface area contributed by atoms with E-state index in [-0.39, 0.29) is 17.9 Å². The van der Waals surface area contributed by atoms with E-state index in [9.17, 15) is 9.90 Å². The zero-order valence-electron chi connectivity index (χ0n) is 9.61. The lowest BCUT2D eigenvalue weighted by Gasteiger charge is -2.30. The molecule has 0 aromatic rings. The van der Waals surface area contributed by atoms with Crippen molar-refractivity contribution in [1.29, 1.82) is 0 Å². The fraction of sp³-hybridized carbons (Fsp3) is 0.909. The van der Waals surface area contributed by atoms with Gasteiger partial charge < -0.3 is 14.7 Å². The number of amides is 1. The van der Waals surface area contributed by atoms with Gasteiger partial charge in [0.25, 0.3) is 0 Å². The van der Waals surface area contributed by atoms with E-state index in [1.54, 1.807) is 12.0 Å². The Hall–Kier alpha value is -0.610. The van der Waals surface area contributed by atoms with Crippen molar-refractivity contribution in [3.05, 3.63) is 0 Å². The van der Waals surface area contributed by atoms with Gasteiger partial charge in [0.2, 0.25) is 5.91 Å². The van der Waals surface area contributed by atoms with Crippen molar-refractivity contribution in [2.75, 3.05) is 26.8 Å². The first-order valence-corrected chi connectivity index (χ1v) is 5.58. The number of methoxy groups -OCH3 is 1. The molecule has 0 bridgehead atoms. The number of aliphatic hydroxyl groups excluding tert-OH is 1. The first-order chi connectivity index (χ1) is 7.13. The molecule has 4 nitrogen and oxygen atoms in total. The van der Waals surface area contributed by atoms with Gasteiger partial charge in [-0.2, -0.15) is 0 Å². The minimum absolute atomic E-state index is 0.137. The highest BCUT2D eigenvalue weighted by molar-refractivity contribution is 5.76. The third-order valence-electron chi connectivity index (χ3n) is 2.72. The monoisotopic (exact) mass is 215 g/mol. The van der Waals surface area contributed by atoms with Crippen LogP contribution in [0, 0.1) is 5.92 Å². The van der Waals surface area contributed by atoms with Crippen LogP contribution in [0.1, 0.15) is 26.2 Å². The van der Waals surface area contributed by atoms with E-state index in [4.69, 9.17) is 4.74 Å². The smallest absolute Gasteiger partial charge is 0.223 e. The maximum atomic E-state index is 11.8. The Morgan fingerprint density at radius 2 is 2.40 bits per heavy atom. The van der Waals surface area contributed by atoms with Crippen LogP contribution in [0.15, 0.2) is 0 Å². The molecule has 1 aliphatic rings. The number of nitrogens with zero attached hydrogens (tertiary/aromatic N) is 1. The lowest BCUT2D eigenvalue weighted by molar-refractivity contribution is -0.135. The van der Waals surface area contributed by atoms with Crippen LogP contribution in [0.5, 0.6) is 0 Å². The Balaban J connectivity index is 2.32. The molecule has 1 unspecified atom stereocenters. The van der Waals surface area contributed by atoms with Crippen molar-refractivity contribution < 1.29 is 14.6 Å². The summed E-state index contributed by atoms with van der Waals surface area (Å²) in [5.74, 6) is 0.389. The number of likely N-dealkylation sites (tertiary alicyclic amines) is 1. The SMILES string of the molecule is COCC(C)CC(=O)N1CCC[C@H](O)C1. The van der Waals surface area contributed by atoms with E-state index in [2.05, 4.69) is 0 Å². The van der Waals surface area contributed by atoms with Gasteiger partial charge in [-0.1, -0.05) is 6.92 Å². The number of ether oxygens (including phenoxy) is 1. The van der Waals surface area contributed by atoms with Crippen molar-refractivity contribution in [3.63, 3.8) is 0 Å². The Morgan fingerprint density at radius 3 is 3.00 bits per heavy atom. The number of carbonyl (C=O) groups excluding carboxylic acids is 1. The summed E-state index contributed by atoms with van der Waals surface area (Å²) in [6.45, 7) is 3.90. The maximum Gasteiger partial charge on any atom is 0.223 e. The first-order valence-electron chi connectivity index (χ1n) is 5.58. The van der Waals surface area contributed by atoms with Gasteiger partial charge in [-0.3, -0.25) is 4.79 Å². The molecular weight excluding hydrogens is 194 g/mol. The summed E-state index contributed by atoms with van der Waals surface area (Å²) < 4.78 is 4.99. The molecule has 0 spiro atoms. The quantitative estimate of drug-likeness (QED) is 0.749. The van der Waals surface area contributed by atoms with Crippen molar-refractivity contribution in [2.24, 2.45) is 5.92 Å². The third-order valence-corrected chi connectivity index (χ3v) is 2.72. The lowest BCUT2D eigenvalue weighted by atomic mass is 10.0. The van der Waals surface area contributed by atoms with Gasteiger partial charge in [-0.15, -0.1) is 0 Å². The molecule has 2 atom stereocenters. The van der Waals surface area contributed by atoms with Gasteiger partial charge in [0.05, 0.1) is 6.10 Å². The van der Waals surface area contributed by atoms with Gasteiger partial charge in [-0.05, 0) is 18.8 Å². The average Bonchev–Trinajstić information content (AvgIpc) is 2.18. The molecule has 0 radical (unpaired) electrons. The molecule has 1 fully saturated rings. The summed E-state index contributed by atoms with van der Waals surface area (Å²) in [6.07, 6.45) is 1.91. The van der Waals surface area contributed by atoms with Crippen LogP contribution in [0.2, 0.25) is 0 Å². The van der Waals surface area contributed by atoms with E-state index < -0.39 is 0 Å². The fourth-order valence-corrected chi connectivity index (χ4v) is 1.95. The Bertz CT molecular complexity index is 208. The fourth-order valence-electron chi connectivity index (χ4n) is 1.95. The predicted octanol–water partition coefficient (Wildman–Crippen LogP) is 0.642. The highest BCUT2D eigenvalue weighted by atomic mass is 16.5. The van der Waals surface area contributed by atoms with Crippen molar-refractivity contribution >= 4 is 5.91 Å². The van der Waals surface area contributed by atoms with Gasteiger partial charge in [0, 0.05) is 33.2 Å². The number of β-amino-alcohol motifs (C(OH)–C–C–N with tert-alkyl or cyclic N) is 1. The zero-order valence-corrected chi connectivity index (χ0v) is 9.61. The number of hydrogen-bond acceptors (Lipinski definition) is 3. The van der Waals surface area contributed by atoms with Crippen LogP contribution in [-0.2, 0) is 9.53 Å². The van der Waals surface area contributed by atoms with Crippen LogP contribution in [0.25, 0.3) is 0 Å². The largest absolute Gasteiger partial charge is 0.391 e. The molecule has 1 heterocycles. The topological polar surface area (TPSA) is 49.8 Å². The number of aliphatic hydroxyl groups is 1. The summed E-state index contributed by atoms with van der Waals surface area (Å²) in [7, 11) is 1.64. The number of piperidine rings is 1. The second kappa shape index (κ2) is 6.08. The van der Waals surface area contributed by atoms with Crippen LogP contribution in [0.4, 0.5) is 0 Å². The van der Waals surface area contributed by atoms with Gasteiger partial charge in [-0.25, -0.2) is 0 Å². The molecule has 1 aliphatic heterocycles. The Kier molecular flexibility index (Phi) is 5.05. The number of hydrogen-bond donors (Lipinski definition) is 1. The lowest BCUT2D eigenvalue weighted by Crippen LogP contribution is -2.42. The minimum Gasteiger partial charge on any atom is -0.391 e.